The van der Waals surface area contributed by atoms with Gasteiger partial charge in [0.2, 0.25) is 0 Å². The summed E-state index contributed by atoms with van der Waals surface area (Å²) in [4.78, 5) is 4.36. The third-order valence-electron chi connectivity index (χ3n) is 2.26. The topological polar surface area (TPSA) is 38.9 Å². The number of thiazole rings is 1. The van der Waals surface area contributed by atoms with Crippen molar-refractivity contribution < 1.29 is 0 Å². The lowest BCUT2D eigenvalue weighted by Crippen LogP contribution is -2.28. The first-order chi connectivity index (χ1) is 5.87. The zero-order valence-electron chi connectivity index (χ0n) is 6.82. The fourth-order valence-corrected chi connectivity index (χ4v) is 3.92. The van der Waals surface area contributed by atoms with E-state index in [0.29, 0.717) is 0 Å². The highest BCUT2D eigenvalue weighted by Gasteiger charge is 2.37. The largest absolute Gasteiger partial charge is 0.329 e. The van der Waals surface area contributed by atoms with Crippen molar-refractivity contribution in [2.24, 2.45) is 5.73 Å². The average Bonchev–Trinajstić information content (AvgIpc) is 2.76. The van der Waals surface area contributed by atoms with Gasteiger partial charge in [-0.15, -0.1) is 23.1 Å². The zero-order valence-corrected chi connectivity index (χ0v) is 8.46. The number of nitrogens with two attached hydrogens (primary N) is 1. The van der Waals surface area contributed by atoms with Crippen LogP contribution in [-0.4, -0.2) is 17.3 Å². The van der Waals surface area contributed by atoms with Crippen LogP contribution in [0.3, 0.4) is 0 Å². The molecular weight excluding hydrogens is 188 g/mol. The summed E-state index contributed by atoms with van der Waals surface area (Å²) >= 11 is 3.70. The van der Waals surface area contributed by atoms with E-state index in [1.54, 1.807) is 11.3 Å². The van der Waals surface area contributed by atoms with Gasteiger partial charge in [-0.2, -0.15) is 0 Å². The van der Waals surface area contributed by atoms with E-state index in [0.717, 1.165) is 6.54 Å². The van der Waals surface area contributed by atoms with Gasteiger partial charge in [0, 0.05) is 18.1 Å². The predicted molar refractivity (Wildman–Crippen MR) is 54.5 cm³/mol. The Kier molecular flexibility index (Phi) is 2.39. The van der Waals surface area contributed by atoms with E-state index in [-0.39, 0.29) is 4.75 Å². The monoisotopic (exact) mass is 200 g/mol. The molecule has 1 saturated heterocycles. The molecule has 2 heterocycles. The maximum absolute atomic E-state index is 5.81. The van der Waals surface area contributed by atoms with Crippen LogP contribution in [-0.2, 0) is 4.75 Å². The van der Waals surface area contributed by atoms with E-state index in [2.05, 4.69) is 4.98 Å². The summed E-state index contributed by atoms with van der Waals surface area (Å²) in [5.41, 5.74) is 5.81. The molecule has 2 N–H and O–H groups in total. The number of thioether (sulfide) groups is 1. The minimum absolute atomic E-state index is 0.161. The Morgan fingerprint density at radius 1 is 1.67 bits per heavy atom. The van der Waals surface area contributed by atoms with Crippen LogP contribution in [0.5, 0.6) is 0 Å². The standard InChI is InChI=1S/C8H12N2S2/c9-6-8(2-1-4-12-8)7-10-3-5-11-7/h3,5H,1-2,4,6,9H2. The fraction of sp³-hybridized carbons (Fsp3) is 0.625. The van der Waals surface area contributed by atoms with Gasteiger partial charge in [0.05, 0.1) is 4.75 Å². The van der Waals surface area contributed by atoms with E-state index >= 15 is 0 Å². The van der Waals surface area contributed by atoms with Gasteiger partial charge in [0.1, 0.15) is 5.01 Å². The molecule has 66 valence electrons. The van der Waals surface area contributed by atoms with Crippen molar-refractivity contribution in [1.29, 1.82) is 0 Å². The molecule has 0 aromatic carbocycles. The van der Waals surface area contributed by atoms with Crippen molar-refractivity contribution in [3.63, 3.8) is 0 Å². The molecule has 1 aromatic heterocycles. The molecular formula is C8H12N2S2. The molecule has 1 aliphatic rings. The Morgan fingerprint density at radius 3 is 3.08 bits per heavy atom. The molecule has 12 heavy (non-hydrogen) atoms. The molecule has 1 aliphatic heterocycles. The third-order valence-corrected chi connectivity index (χ3v) is 4.97. The summed E-state index contributed by atoms with van der Waals surface area (Å²) < 4.78 is 0.161. The second-order valence-electron chi connectivity index (χ2n) is 2.99. The van der Waals surface area contributed by atoms with Gasteiger partial charge in [-0.3, -0.25) is 0 Å². The van der Waals surface area contributed by atoms with Crippen LogP contribution < -0.4 is 5.73 Å². The van der Waals surface area contributed by atoms with Crippen LogP contribution in [0.1, 0.15) is 17.8 Å². The normalized spacial score (nSPS) is 29.4. The molecule has 2 nitrogen and oxygen atoms in total. The summed E-state index contributed by atoms with van der Waals surface area (Å²) in [5, 5.41) is 3.25. The number of hydrogen-bond donors (Lipinski definition) is 1. The van der Waals surface area contributed by atoms with Crippen molar-refractivity contribution in [2.75, 3.05) is 12.3 Å². The summed E-state index contributed by atoms with van der Waals surface area (Å²) in [6.45, 7) is 0.727. The smallest absolute Gasteiger partial charge is 0.110 e. The van der Waals surface area contributed by atoms with Crippen molar-refractivity contribution in [3.8, 4) is 0 Å². The first-order valence-corrected chi connectivity index (χ1v) is 5.98. The van der Waals surface area contributed by atoms with Gasteiger partial charge in [0.25, 0.3) is 0 Å². The number of aromatic nitrogens is 1. The van der Waals surface area contributed by atoms with Gasteiger partial charge in [-0.1, -0.05) is 0 Å². The summed E-state index contributed by atoms with van der Waals surface area (Å²) in [5.74, 6) is 1.23. The highest BCUT2D eigenvalue weighted by atomic mass is 32.2. The Hall–Kier alpha value is -0.0600. The van der Waals surface area contributed by atoms with Gasteiger partial charge in [0.15, 0.2) is 0 Å². The molecule has 0 radical (unpaired) electrons. The van der Waals surface area contributed by atoms with Crippen molar-refractivity contribution >= 4 is 23.1 Å². The molecule has 0 aliphatic carbocycles. The lowest BCUT2D eigenvalue weighted by atomic mass is 10.0. The van der Waals surface area contributed by atoms with Gasteiger partial charge < -0.3 is 5.73 Å². The van der Waals surface area contributed by atoms with Crippen LogP contribution >= 0.6 is 23.1 Å². The molecule has 1 unspecified atom stereocenters. The van der Waals surface area contributed by atoms with Gasteiger partial charge in [-0.05, 0) is 18.6 Å². The Bertz CT molecular complexity index is 240. The number of rotatable bonds is 2. The lowest BCUT2D eigenvalue weighted by Gasteiger charge is -2.22. The first kappa shape index (κ1) is 8.53. The molecule has 0 saturated carbocycles. The zero-order chi connectivity index (χ0) is 8.44. The Balaban J connectivity index is 2.28. The third kappa shape index (κ3) is 1.28. The van der Waals surface area contributed by atoms with Crippen molar-refractivity contribution in [1.82, 2.24) is 4.98 Å². The summed E-state index contributed by atoms with van der Waals surface area (Å²) in [7, 11) is 0. The lowest BCUT2D eigenvalue weighted by molar-refractivity contribution is 0.596. The average molecular weight is 200 g/mol. The van der Waals surface area contributed by atoms with E-state index < -0.39 is 0 Å². The molecule has 1 atom stereocenters. The summed E-state index contributed by atoms with van der Waals surface area (Å²) in [6, 6.07) is 0. The molecule has 0 bridgehead atoms. The van der Waals surface area contributed by atoms with Crippen LogP contribution in [0, 0.1) is 0 Å². The molecule has 0 spiro atoms. The Labute approximate surface area is 80.6 Å². The second-order valence-corrected chi connectivity index (χ2v) is 5.36. The molecule has 2 rings (SSSR count). The second kappa shape index (κ2) is 3.36. The summed E-state index contributed by atoms with van der Waals surface area (Å²) in [6.07, 6.45) is 4.35. The number of hydrogen-bond acceptors (Lipinski definition) is 4. The number of nitrogens with zero attached hydrogens (tertiary/aromatic N) is 1. The SMILES string of the molecule is NCC1(c2nccs2)CCCS1. The maximum Gasteiger partial charge on any atom is 0.110 e. The van der Waals surface area contributed by atoms with E-state index in [9.17, 15) is 0 Å². The molecule has 1 fully saturated rings. The van der Waals surface area contributed by atoms with Crippen LogP contribution in [0.25, 0.3) is 0 Å². The van der Waals surface area contributed by atoms with Crippen LogP contribution in [0.15, 0.2) is 11.6 Å². The van der Waals surface area contributed by atoms with Crippen molar-refractivity contribution in [3.05, 3.63) is 16.6 Å². The fourth-order valence-electron chi connectivity index (χ4n) is 1.56. The minimum Gasteiger partial charge on any atom is -0.329 e. The van der Waals surface area contributed by atoms with Crippen LogP contribution in [0.4, 0.5) is 0 Å². The predicted octanol–water partition coefficient (Wildman–Crippen LogP) is 1.82. The van der Waals surface area contributed by atoms with Crippen LogP contribution in [0.2, 0.25) is 0 Å². The van der Waals surface area contributed by atoms with Gasteiger partial charge in [-0.25, -0.2) is 4.98 Å². The quantitative estimate of drug-likeness (QED) is 0.791. The molecule has 4 heteroatoms. The van der Waals surface area contributed by atoms with Gasteiger partial charge >= 0.3 is 0 Å². The Morgan fingerprint density at radius 2 is 2.58 bits per heavy atom. The highest BCUT2D eigenvalue weighted by Crippen LogP contribution is 2.46. The molecule has 0 amide bonds. The van der Waals surface area contributed by atoms with Crippen molar-refractivity contribution in [2.45, 2.75) is 17.6 Å². The maximum atomic E-state index is 5.81. The van der Waals surface area contributed by atoms with E-state index in [1.807, 2.05) is 23.3 Å². The first-order valence-electron chi connectivity index (χ1n) is 4.11. The van der Waals surface area contributed by atoms with E-state index in [4.69, 9.17) is 5.73 Å². The van der Waals surface area contributed by atoms with E-state index in [1.165, 1.54) is 23.6 Å². The highest BCUT2D eigenvalue weighted by molar-refractivity contribution is 8.00. The molecule has 1 aromatic rings. The minimum atomic E-state index is 0.161.